The highest BCUT2D eigenvalue weighted by molar-refractivity contribution is 5.78. The minimum atomic E-state index is 0.829. The number of allylic oxidation sites excluding steroid dienone is 4. The Hall–Kier alpha value is -1.70. The quantitative estimate of drug-likeness (QED) is 0.480. The highest BCUT2D eigenvalue weighted by Crippen LogP contribution is 2.12. The third-order valence-electron chi connectivity index (χ3n) is 1.55. The average molecular weight is 202 g/mol. The Kier molecular flexibility index (Phi) is 6.81. The van der Waals surface area contributed by atoms with Crippen LogP contribution >= 0.6 is 0 Å². The molecule has 0 amide bonds. The van der Waals surface area contributed by atoms with E-state index in [1.807, 2.05) is 32.9 Å². The number of hydrogen-bond donors (Lipinski definition) is 0. The van der Waals surface area contributed by atoms with Gasteiger partial charge in [0.05, 0.1) is 11.4 Å². The second-order valence-electron chi connectivity index (χ2n) is 2.97. The molecule has 0 aliphatic carbocycles. The Bertz CT molecular complexity index is 342. The van der Waals surface area contributed by atoms with E-state index in [4.69, 9.17) is 0 Å². The largest absolute Gasteiger partial charge is 0.255 e. The Balaban J connectivity index is 4.88. The van der Waals surface area contributed by atoms with Crippen molar-refractivity contribution in [2.24, 2.45) is 9.98 Å². The summed E-state index contributed by atoms with van der Waals surface area (Å²) < 4.78 is 0. The van der Waals surface area contributed by atoms with Crippen molar-refractivity contribution in [1.82, 2.24) is 0 Å². The predicted molar refractivity (Wildman–Crippen MR) is 69.5 cm³/mol. The SMILES string of the molecule is C=C\C=N/C(=C\C)C(=C/C)/N=C\C(=C)C. The third-order valence-corrected chi connectivity index (χ3v) is 1.55. The molecule has 0 aromatic rings. The zero-order valence-electron chi connectivity index (χ0n) is 9.70. The van der Waals surface area contributed by atoms with Gasteiger partial charge in [-0.3, -0.25) is 9.98 Å². The van der Waals surface area contributed by atoms with Crippen LogP contribution in [0.15, 0.2) is 58.3 Å². The van der Waals surface area contributed by atoms with E-state index in [2.05, 4.69) is 23.1 Å². The summed E-state index contributed by atoms with van der Waals surface area (Å²) in [4.78, 5) is 8.50. The first kappa shape index (κ1) is 13.3. The fourth-order valence-corrected chi connectivity index (χ4v) is 0.890. The molecule has 0 saturated carbocycles. The molecule has 0 radical (unpaired) electrons. The van der Waals surface area contributed by atoms with E-state index in [1.54, 1.807) is 18.5 Å². The molecule has 2 nitrogen and oxygen atoms in total. The maximum atomic E-state index is 4.29. The summed E-state index contributed by atoms with van der Waals surface area (Å²) in [7, 11) is 0. The van der Waals surface area contributed by atoms with Crippen LogP contribution in [0.4, 0.5) is 0 Å². The van der Waals surface area contributed by atoms with Crippen LogP contribution in [0.25, 0.3) is 0 Å². The van der Waals surface area contributed by atoms with E-state index in [1.165, 1.54) is 0 Å². The lowest BCUT2D eigenvalue weighted by Crippen LogP contribution is -1.85. The van der Waals surface area contributed by atoms with Crippen LogP contribution in [0.2, 0.25) is 0 Å². The smallest absolute Gasteiger partial charge is 0.0840 e. The van der Waals surface area contributed by atoms with Gasteiger partial charge in [-0.05, 0) is 26.3 Å². The number of rotatable bonds is 5. The lowest BCUT2D eigenvalue weighted by molar-refractivity contribution is 1.23. The molecule has 0 saturated heterocycles. The first-order valence-electron chi connectivity index (χ1n) is 4.83. The summed E-state index contributed by atoms with van der Waals surface area (Å²) in [6.45, 7) is 13.1. The predicted octanol–water partition coefficient (Wildman–Crippen LogP) is 3.70. The molecular weight excluding hydrogens is 184 g/mol. The number of nitrogens with zero attached hydrogens (tertiary/aromatic N) is 2. The molecule has 0 fully saturated rings. The van der Waals surface area contributed by atoms with Crippen LogP contribution in [0.3, 0.4) is 0 Å². The van der Waals surface area contributed by atoms with Crippen molar-refractivity contribution in [2.45, 2.75) is 20.8 Å². The van der Waals surface area contributed by atoms with E-state index in [9.17, 15) is 0 Å². The summed E-state index contributed by atoms with van der Waals surface area (Å²) >= 11 is 0. The standard InChI is InChI=1S/C13H18N2/c1-6-9-14-12(7-2)13(8-3)15-10-11(4)5/h6-10H,1,4H2,2-3,5H3/b12-7-,13-8-,14-9-,15-10-. The van der Waals surface area contributed by atoms with E-state index < -0.39 is 0 Å². The Morgan fingerprint density at radius 2 is 1.60 bits per heavy atom. The van der Waals surface area contributed by atoms with Crippen LogP contribution in [-0.2, 0) is 0 Å². The van der Waals surface area contributed by atoms with Gasteiger partial charge >= 0.3 is 0 Å². The summed E-state index contributed by atoms with van der Waals surface area (Å²) in [5, 5.41) is 0. The van der Waals surface area contributed by atoms with Gasteiger partial charge in [-0.15, -0.1) is 0 Å². The van der Waals surface area contributed by atoms with Crippen molar-refractivity contribution >= 4 is 12.4 Å². The molecule has 0 bridgehead atoms. The lowest BCUT2D eigenvalue weighted by Gasteiger charge is -2.00. The fourth-order valence-electron chi connectivity index (χ4n) is 0.890. The van der Waals surface area contributed by atoms with Crippen LogP contribution in [0, 0.1) is 0 Å². The highest BCUT2D eigenvalue weighted by Gasteiger charge is 1.97. The summed E-state index contributed by atoms with van der Waals surface area (Å²) in [5.41, 5.74) is 2.58. The van der Waals surface area contributed by atoms with Gasteiger partial charge in [-0.1, -0.05) is 31.4 Å². The third kappa shape index (κ3) is 5.57. The van der Waals surface area contributed by atoms with Gasteiger partial charge in [0.2, 0.25) is 0 Å². The van der Waals surface area contributed by atoms with Gasteiger partial charge in [-0.25, -0.2) is 0 Å². The molecule has 0 aromatic heterocycles. The summed E-state index contributed by atoms with van der Waals surface area (Å²) in [6.07, 6.45) is 8.83. The molecule has 0 aromatic carbocycles. The minimum absolute atomic E-state index is 0.829. The molecule has 0 heterocycles. The highest BCUT2D eigenvalue weighted by atomic mass is 14.8. The summed E-state index contributed by atoms with van der Waals surface area (Å²) in [6, 6.07) is 0. The van der Waals surface area contributed by atoms with E-state index in [-0.39, 0.29) is 0 Å². The zero-order chi connectivity index (χ0) is 11.7. The molecule has 15 heavy (non-hydrogen) atoms. The van der Waals surface area contributed by atoms with Crippen molar-refractivity contribution in [3.63, 3.8) is 0 Å². The Morgan fingerprint density at radius 1 is 1.07 bits per heavy atom. The second kappa shape index (κ2) is 7.68. The second-order valence-corrected chi connectivity index (χ2v) is 2.97. The molecule has 0 atom stereocenters. The van der Waals surface area contributed by atoms with Crippen molar-refractivity contribution in [1.29, 1.82) is 0 Å². The van der Waals surface area contributed by atoms with Crippen molar-refractivity contribution < 1.29 is 0 Å². The van der Waals surface area contributed by atoms with Crippen LogP contribution in [-0.4, -0.2) is 12.4 Å². The number of hydrogen-bond acceptors (Lipinski definition) is 2. The van der Waals surface area contributed by atoms with E-state index >= 15 is 0 Å². The topological polar surface area (TPSA) is 24.7 Å². The number of aliphatic imine (C=N–C) groups is 2. The first-order chi connectivity index (χ1) is 7.15. The van der Waals surface area contributed by atoms with E-state index in [0.29, 0.717) is 0 Å². The van der Waals surface area contributed by atoms with Gasteiger partial charge in [0, 0.05) is 12.4 Å². The molecule has 0 rings (SSSR count). The molecule has 80 valence electrons. The maximum absolute atomic E-state index is 4.29. The first-order valence-corrected chi connectivity index (χ1v) is 4.83. The fraction of sp³-hybridized carbons (Fsp3) is 0.231. The van der Waals surface area contributed by atoms with E-state index in [0.717, 1.165) is 17.0 Å². The molecule has 0 aliphatic rings. The lowest BCUT2D eigenvalue weighted by atomic mass is 10.3. The van der Waals surface area contributed by atoms with Crippen LogP contribution < -0.4 is 0 Å². The van der Waals surface area contributed by atoms with Gasteiger partial charge < -0.3 is 0 Å². The Morgan fingerprint density at radius 3 is 2.00 bits per heavy atom. The van der Waals surface area contributed by atoms with Gasteiger partial charge in [-0.2, -0.15) is 0 Å². The van der Waals surface area contributed by atoms with Crippen LogP contribution in [0.5, 0.6) is 0 Å². The van der Waals surface area contributed by atoms with Crippen molar-refractivity contribution in [3.8, 4) is 0 Å². The normalized spacial score (nSPS) is 13.8. The average Bonchev–Trinajstić information content (AvgIpc) is 2.22. The molecular formula is C13H18N2. The maximum Gasteiger partial charge on any atom is 0.0840 e. The van der Waals surface area contributed by atoms with Crippen LogP contribution in [0.1, 0.15) is 20.8 Å². The molecule has 0 unspecified atom stereocenters. The Labute approximate surface area is 92.2 Å². The molecule has 0 N–H and O–H groups in total. The zero-order valence-corrected chi connectivity index (χ0v) is 9.70. The molecule has 0 spiro atoms. The molecule has 0 aliphatic heterocycles. The van der Waals surface area contributed by atoms with Gasteiger partial charge in [0.25, 0.3) is 0 Å². The minimum Gasteiger partial charge on any atom is -0.255 e. The summed E-state index contributed by atoms with van der Waals surface area (Å²) in [5.74, 6) is 0. The van der Waals surface area contributed by atoms with Gasteiger partial charge in [0.1, 0.15) is 0 Å². The molecule has 2 heteroatoms. The van der Waals surface area contributed by atoms with Crippen molar-refractivity contribution in [2.75, 3.05) is 0 Å². The monoisotopic (exact) mass is 202 g/mol. The van der Waals surface area contributed by atoms with Gasteiger partial charge in [0.15, 0.2) is 0 Å². The van der Waals surface area contributed by atoms with Crippen molar-refractivity contribution in [3.05, 3.63) is 48.4 Å².